The minimum absolute atomic E-state index is 0.0651. The summed E-state index contributed by atoms with van der Waals surface area (Å²) in [4.78, 5) is 26.2. The van der Waals surface area contributed by atoms with Crippen LogP contribution in [0.4, 0.5) is 10.1 Å². The molecular weight excluding hydrogens is 366 g/mol. The van der Waals surface area contributed by atoms with Crippen molar-refractivity contribution in [2.45, 2.75) is 13.0 Å². The van der Waals surface area contributed by atoms with Gasteiger partial charge in [-0.05, 0) is 35.9 Å². The highest BCUT2D eigenvalue weighted by Gasteiger charge is 2.34. The molecule has 0 bridgehead atoms. The molecule has 25 heavy (non-hydrogen) atoms. The molecule has 2 aromatic rings. The van der Waals surface area contributed by atoms with Crippen molar-refractivity contribution < 1.29 is 14.0 Å². The van der Waals surface area contributed by atoms with E-state index in [9.17, 15) is 14.0 Å². The number of carbonyl (C=O) groups is 2. The first kappa shape index (κ1) is 17.7. The van der Waals surface area contributed by atoms with Gasteiger partial charge in [0.15, 0.2) is 0 Å². The molecule has 1 N–H and O–H groups in total. The van der Waals surface area contributed by atoms with Gasteiger partial charge >= 0.3 is 0 Å². The normalized spacial score (nSPS) is 17.0. The van der Waals surface area contributed by atoms with E-state index in [2.05, 4.69) is 5.32 Å². The quantitative estimate of drug-likeness (QED) is 0.866. The molecule has 0 aromatic heterocycles. The molecule has 130 valence electrons. The van der Waals surface area contributed by atoms with Crippen molar-refractivity contribution in [2.75, 3.05) is 11.9 Å². The molecule has 0 spiro atoms. The molecule has 2 amide bonds. The fraction of sp³-hybridized carbons (Fsp3) is 0.222. The monoisotopic (exact) mass is 380 g/mol. The lowest BCUT2D eigenvalue weighted by atomic mass is 10.1. The second-order valence-corrected chi connectivity index (χ2v) is 6.76. The third-order valence-electron chi connectivity index (χ3n) is 4.06. The summed E-state index contributed by atoms with van der Waals surface area (Å²) in [6, 6.07) is 11.2. The van der Waals surface area contributed by atoms with E-state index in [0.717, 1.165) is 5.56 Å². The molecule has 1 unspecified atom stereocenters. The topological polar surface area (TPSA) is 49.4 Å². The number of anilines is 1. The maximum Gasteiger partial charge on any atom is 0.229 e. The van der Waals surface area contributed by atoms with Crippen molar-refractivity contribution in [2.24, 2.45) is 5.92 Å². The Balaban J connectivity index is 1.62. The summed E-state index contributed by atoms with van der Waals surface area (Å²) in [7, 11) is 0. The number of halogens is 3. The molecule has 1 fully saturated rings. The van der Waals surface area contributed by atoms with E-state index in [0.29, 0.717) is 23.8 Å². The average molecular weight is 381 g/mol. The first-order valence-corrected chi connectivity index (χ1v) is 8.46. The van der Waals surface area contributed by atoms with Crippen LogP contribution in [-0.4, -0.2) is 23.3 Å². The SMILES string of the molecule is O=C(Nc1ccc(F)c(Cl)c1)C1CC(=O)N(Cc2ccc(Cl)cc2)C1. The van der Waals surface area contributed by atoms with Crippen molar-refractivity contribution in [3.8, 4) is 0 Å². The van der Waals surface area contributed by atoms with E-state index in [4.69, 9.17) is 23.2 Å². The number of rotatable bonds is 4. The van der Waals surface area contributed by atoms with Crippen molar-refractivity contribution in [3.63, 3.8) is 0 Å². The smallest absolute Gasteiger partial charge is 0.229 e. The molecule has 0 saturated carbocycles. The lowest BCUT2D eigenvalue weighted by Gasteiger charge is -2.17. The predicted molar refractivity (Wildman–Crippen MR) is 95.0 cm³/mol. The molecule has 0 radical (unpaired) electrons. The second kappa shape index (κ2) is 7.42. The highest BCUT2D eigenvalue weighted by Crippen LogP contribution is 2.24. The summed E-state index contributed by atoms with van der Waals surface area (Å²) in [6.45, 7) is 0.768. The number of likely N-dealkylation sites (tertiary alicyclic amines) is 1. The average Bonchev–Trinajstić information content (AvgIpc) is 2.94. The van der Waals surface area contributed by atoms with Gasteiger partial charge in [-0.3, -0.25) is 9.59 Å². The fourth-order valence-electron chi connectivity index (χ4n) is 2.73. The van der Waals surface area contributed by atoms with E-state index >= 15 is 0 Å². The van der Waals surface area contributed by atoms with Crippen LogP contribution in [0.25, 0.3) is 0 Å². The van der Waals surface area contributed by atoms with Crippen LogP contribution in [-0.2, 0) is 16.1 Å². The standard InChI is InChI=1S/C18H15Cl2FN2O2/c19-13-3-1-11(2-4-13)9-23-10-12(7-17(23)24)18(25)22-14-5-6-16(21)15(20)8-14/h1-6,8,12H,7,9-10H2,(H,22,25). The maximum absolute atomic E-state index is 13.2. The van der Waals surface area contributed by atoms with Crippen molar-refractivity contribution in [1.29, 1.82) is 0 Å². The van der Waals surface area contributed by atoms with Gasteiger partial charge in [-0.1, -0.05) is 35.3 Å². The Morgan fingerprint density at radius 3 is 2.60 bits per heavy atom. The Hall–Kier alpha value is -2.11. The molecule has 1 heterocycles. The van der Waals surface area contributed by atoms with Crippen LogP contribution in [0.5, 0.6) is 0 Å². The molecule has 1 aliphatic rings. The Morgan fingerprint density at radius 2 is 1.92 bits per heavy atom. The van der Waals surface area contributed by atoms with E-state index in [1.54, 1.807) is 17.0 Å². The molecule has 3 rings (SSSR count). The Labute approximate surface area is 154 Å². The van der Waals surface area contributed by atoms with Gasteiger partial charge < -0.3 is 10.2 Å². The second-order valence-electron chi connectivity index (χ2n) is 5.92. The van der Waals surface area contributed by atoms with Gasteiger partial charge in [0.1, 0.15) is 5.82 Å². The third kappa shape index (κ3) is 4.30. The summed E-state index contributed by atoms with van der Waals surface area (Å²) < 4.78 is 13.2. The van der Waals surface area contributed by atoms with Gasteiger partial charge in [0, 0.05) is 30.2 Å². The number of hydrogen-bond acceptors (Lipinski definition) is 2. The summed E-state index contributed by atoms with van der Waals surface area (Å²) in [5.41, 5.74) is 1.35. The number of amides is 2. The number of nitrogens with zero attached hydrogens (tertiary/aromatic N) is 1. The van der Waals surface area contributed by atoms with Crippen LogP contribution < -0.4 is 5.32 Å². The predicted octanol–water partition coefficient (Wildman–Crippen LogP) is 4.12. The Kier molecular flexibility index (Phi) is 5.25. The largest absolute Gasteiger partial charge is 0.338 e. The number of nitrogens with one attached hydrogen (secondary N) is 1. The van der Waals surface area contributed by atoms with Crippen LogP contribution in [0.3, 0.4) is 0 Å². The lowest BCUT2D eigenvalue weighted by molar-refractivity contribution is -0.128. The minimum atomic E-state index is -0.551. The van der Waals surface area contributed by atoms with Crippen LogP contribution in [0, 0.1) is 11.7 Å². The first-order valence-electron chi connectivity index (χ1n) is 7.70. The highest BCUT2D eigenvalue weighted by atomic mass is 35.5. The zero-order valence-electron chi connectivity index (χ0n) is 13.1. The van der Waals surface area contributed by atoms with Gasteiger partial charge in [-0.2, -0.15) is 0 Å². The van der Waals surface area contributed by atoms with Crippen molar-refractivity contribution in [1.82, 2.24) is 4.90 Å². The summed E-state index contributed by atoms with van der Waals surface area (Å²) in [6.07, 6.45) is 0.147. The molecular formula is C18H15Cl2FN2O2. The summed E-state index contributed by atoms with van der Waals surface area (Å²) in [5, 5.41) is 3.24. The number of benzene rings is 2. The van der Waals surface area contributed by atoms with Crippen LogP contribution in [0.1, 0.15) is 12.0 Å². The van der Waals surface area contributed by atoms with Gasteiger partial charge in [0.2, 0.25) is 11.8 Å². The van der Waals surface area contributed by atoms with E-state index in [1.807, 2.05) is 12.1 Å². The summed E-state index contributed by atoms with van der Waals surface area (Å²) in [5.74, 6) is -1.37. The van der Waals surface area contributed by atoms with Gasteiger partial charge in [0.25, 0.3) is 0 Å². The van der Waals surface area contributed by atoms with E-state index in [-0.39, 0.29) is 23.3 Å². The lowest BCUT2D eigenvalue weighted by Crippen LogP contribution is -2.28. The third-order valence-corrected chi connectivity index (χ3v) is 4.60. The molecule has 1 aliphatic heterocycles. The Morgan fingerprint density at radius 1 is 1.20 bits per heavy atom. The Bertz CT molecular complexity index is 811. The molecule has 7 heteroatoms. The van der Waals surface area contributed by atoms with Crippen LogP contribution in [0.2, 0.25) is 10.0 Å². The number of hydrogen-bond donors (Lipinski definition) is 1. The molecule has 4 nitrogen and oxygen atoms in total. The fourth-order valence-corrected chi connectivity index (χ4v) is 3.04. The van der Waals surface area contributed by atoms with Gasteiger partial charge in [-0.25, -0.2) is 4.39 Å². The van der Waals surface area contributed by atoms with E-state index in [1.165, 1.54) is 18.2 Å². The van der Waals surface area contributed by atoms with Crippen LogP contribution >= 0.6 is 23.2 Å². The molecule has 2 aromatic carbocycles. The molecule has 1 atom stereocenters. The van der Waals surface area contributed by atoms with E-state index < -0.39 is 11.7 Å². The minimum Gasteiger partial charge on any atom is -0.338 e. The summed E-state index contributed by atoms with van der Waals surface area (Å²) >= 11 is 11.6. The zero-order valence-corrected chi connectivity index (χ0v) is 14.6. The highest BCUT2D eigenvalue weighted by molar-refractivity contribution is 6.31. The van der Waals surface area contributed by atoms with Gasteiger partial charge in [0.05, 0.1) is 10.9 Å². The first-order chi connectivity index (χ1) is 11.9. The maximum atomic E-state index is 13.2. The zero-order chi connectivity index (χ0) is 18.0. The van der Waals surface area contributed by atoms with Crippen molar-refractivity contribution >= 4 is 40.7 Å². The van der Waals surface area contributed by atoms with Crippen molar-refractivity contribution in [3.05, 3.63) is 63.9 Å². The number of carbonyl (C=O) groups excluding carboxylic acids is 2. The van der Waals surface area contributed by atoms with Gasteiger partial charge in [-0.15, -0.1) is 0 Å². The molecule has 1 saturated heterocycles. The molecule has 0 aliphatic carbocycles. The van der Waals surface area contributed by atoms with Crippen LogP contribution in [0.15, 0.2) is 42.5 Å².